The molecule has 0 aliphatic heterocycles. The van der Waals surface area contributed by atoms with Crippen molar-refractivity contribution in [1.29, 1.82) is 0 Å². The van der Waals surface area contributed by atoms with Crippen LogP contribution in [0.15, 0.2) is 40.9 Å². The summed E-state index contributed by atoms with van der Waals surface area (Å²) in [7, 11) is 3.13. The summed E-state index contributed by atoms with van der Waals surface area (Å²) in [4.78, 5) is 40.3. The Labute approximate surface area is 189 Å². The van der Waals surface area contributed by atoms with Gasteiger partial charge in [-0.1, -0.05) is 12.1 Å². The molecule has 0 spiro atoms. The van der Waals surface area contributed by atoms with E-state index in [0.717, 1.165) is 0 Å². The Bertz CT molecular complexity index is 1140. The van der Waals surface area contributed by atoms with E-state index in [1.807, 2.05) is 0 Å². The predicted molar refractivity (Wildman–Crippen MR) is 114 cm³/mol. The number of amides is 1. The first-order valence-electron chi connectivity index (χ1n) is 10.6. The standard InChI is InChI=1S/C23H26N2O8/c1-4-33-19-10-8-9-6-5-7-11(26)12(9)17(27)13(10)20(29)23(32)15(19)16(25(2)3)18(28)14(21(23)30)22(24)31/h5-7,10,15-16,19,26,28-29,32H,4,8H2,1-3H3,(H2,24,31)/t10-,15?,16+,19+,23+/m1/s1. The van der Waals surface area contributed by atoms with Crippen LogP contribution in [0.25, 0.3) is 0 Å². The third-order valence-electron chi connectivity index (χ3n) is 6.87. The summed E-state index contributed by atoms with van der Waals surface area (Å²) < 4.78 is 5.95. The third-order valence-corrected chi connectivity index (χ3v) is 6.87. The van der Waals surface area contributed by atoms with E-state index >= 15 is 0 Å². The molecule has 0 saturated carbocycles. The highest BCUT2D eigenvalue weighted by Gasteiger charge is 2.67. The van der Waals surface area contributed by atoms with Crippen LogP contribution >= 0.6 is 0 Å². The van der Waals surface area contributed by atoms with Crippen molar-refractivity contribution in [3.05, 3.63) is 52.0 Å². The van der Waals surface area contributed by atoms with Gasteiger partial charge in [0.1, 0.15) is 22.8 Å². The number of primary amides is 1. The molecule has 0 bridgehead atoms. The van der Waals surface area contributed by atoms with Crippen LogP contribution in [0.5, 0.6) is 5.75 Å². The van der Waals surface area contributed by atoms with E-state index in [9.17, 15) is 34.8 Å². The molecule has 1 amide bonds. The lowest BCUT2D eigenvalue weighted by atomic mass is 9.57. The molecule has 176 valence electrons. The summed E-state index contributed by atoms with van der Waals surface area (Å²) >= 11 is 0. The normalized spacial score (nSPS) is 31.4. The number of phenolic OH excluding ortho intramolecular Hbond substituents is 1. The van der Waals surface area contributed by atoms with Crippen molar-refractivity contribution in [2.45, 2.75) is 31.1 Å². The van der Waals surface area contributed by atoms with E-state index in [1.165, 1.54) is 11.0 Å². The highest BCUT2D eigenvalue weighted by molar-refractivity contribution is 6.24. The van der Waals surface area contributed by atoms with E-state index in [0.29, 0.717) is 5.56 Å². The highest BCUT2D eigenvalue weighted by Crippen LogP contribution is 2.53. The zero-order valence-corrected chi connectivity index (χ0v) is 18.4. The smallest absolute Gasteiger partial charge is 0.255 e. The fourth-order valence-electron chi connectivity index (χ4n) is 5.58. The molecule has 1 aromatic rings. The number of fused-ring (bicyclic) bond motifs is 3. The first-order valence-corrected chi connectivity index (χ1v) is 10.6. The number of nitrogens with two attached hydrogens (primary N) is 1. The molecule has 10 nitrogen and oxygen atoms in total. The van der Waals surface area contributed by atoms with Gasteiger partial charge in [-0.05, 0) is 39.1 Å². The second-order valence-corrected chi connectivity index (χ2v) is 8.79. The summed E-state index contributed by atoms with van der Waals surface area (Å²) in [5.74, 6) is -7.22. The third kappa shape index (κ3) is 2.94. The number of rotatable bonds is 4. The van der Waals surface area contributed by atoms with Crippen LogP contribution in [0.3, 0.4) is 0 Å². The minimum absolute atomic E-state index is 0.0338. The molecule has 6 N–H and O–H groups in total. The van der Waals surface area contributed by atoms with E-state index in [1.54, 1.807) is 33.2 Å². The van der Waals surface area contributed by atoms with Crippen molar-refractivity contribution in [3.63, 3.8) is 0 Å². The number of ether oxygens (including phenoxy) is 1. The number of hydrogen-bond acceptors (Lipinski definition) is 9. The SMILES string of the molecule is CCO[C@@H]1C2[C@H](N(C)C)C(O)=C(C(N)=O)C(=O)[C@@]2(O)C(O)=C2C(=O)c3c(O)cccc3C[C@H]21. The van der Waals surface area contributed by atoms with Crippen LogP contribution in [-0.2, 0) is 20.7 Å². The fraction of sp³-hybridized carbons (Fsp3) is 0.435. The van der Waals surface area contributed by atoms with Crippen molar-refractivity contribution >= 4 is 17.5 Å². The largest absolute Gasteiger partial charge is 0.510 e. The molecule has 10 heteroatoms. The molecule has 0 aromatic heterocycles. The number of likely N-dealkylation sites (N-methyl/N-ethyl adjacent to an activating group) is 1. The Kier molecular flexibility index (Phi) is 5.35. The Balaban J connectivity index is 2.05. The molecular formula is C23H26N2O8. The van der Waals surface area contributed by atoms with Gasteiger partial charge in [-0.15, -0.1) is 0 Å². The summed E-state index contributed by atoms with van der Waals surface area (Å²) in [6, 6.07) is 3.46. The number of aromatic hydroxyl groups is 1. The first kappa shape index (κ1) is 23.0. The van der Waals surface area contributed by atoms with Crippen LogP contribution in [0.1, 0.15) is 22.8 Å². The van der Waals surface area contributed by atoms with Crippen molar-refractivity contribution in [3.8, 4) is 5.75 Å². The quantitative estimate of drug-likeness (QED) is 0.394. The number of aliphatic hydroxyl groups excluding tert-OH is 2. The van der Waals surface area contributed by atoms with E-state index < -0.39 is 64.1 Å². The van der Waals surface area contributed by atoms with E-state index in [4.69, 9.17) is 10.5 Å². The number of ketones is 2. The minimum Gasteiger partial charge on any atom is -0.510 e. The van der Waals surface area contributed by atoms with Crippen LogP contribution < -0.4 is 5.73 Å². The van der Waals surface area contributed by atoms with Gasteiger partial charge >= 0.3 is 0 Å². The zero-order valence-electron chi connectivity index (χ0n) is 18.4. The van der Waals surface area contributed by atoms with Crippen LogP contribution in [0.4, 0.5) is 0 Å². The average molecular weight is 458 g/mol. The van der Waals surface area contributed by atoms with Crippen LogP contribution in [0.2, 0.25) is 0 Å². The number of aliphatic hydroxyl groups is 3. The average Bonchev–Trinajstić information content (AvgIpc) is 2.72. The molecule has 4 rings (SSSR count). The molecule has 0 fully saturated rings. The minimum atomic E-state index is -2.76. The highest BCUT2D eigenvalue weighted by atomic mass is 16.5. The number of carbonyl (C=O) groups is 3. The Morgan fingerprint density at radius 2 is 1.91 bits per heavy atom. The summed E-state index contributed by atoms with van der Waals surface area (Å²) in [5.41, 5.74) is 1.96. The monoisotopic (exact) mass is 458 g/mol. The number of hydrogen-bond donors (Lipinski definition) is 5. The molecule has 1 unspecified atom stereocenters. The molecule has 5 atom stereocenters. The molecule has 1 aromatic carbocycles. The number of carbonyl (C=O) groups excluding carboxylic acids is 3. The fourth-order valence-corrected chi connectivity index (χ4v) is 5.58. The number of phenols is 1. The van der Waals surface area contributed by atoms with Crippen molar-refractivity contribution in [2.75, 3.05) is 20.7 Å². The maximum absolute atomic E-state index is 13.4. The molecule has 0 saturated heterocycles. The lowest BCUT2D eigenvalue weighted by Crippen LogP contribution is -2.68. The number of Topliss-reactive ketones (excluding diaryl/α,β-unsaturated/α-hetero) is 2. The summed E-state index contributed by atoms with van der Waals surface area (Å²) in [6.07, 6.45) is -0.827. The maximum atomic E-state index is 13.4. The Morgan fingerprint density at radius 3 is 2.48 bits per heavy atom. The van der Waals surface area contributed by atoms with Gasteiger partial charge in [0.15, 0.2) is 11.4 Å². The van der Waals surface area contributed by atoms with Gasteiger partial charge in [-0.25, -0.2) is 0 Å². The second kappa shape index (κ2) is 7.68. The van der Waals surface area contributed by atoms with Gasteiger partial charge in [-0.2, -0.15) is 0 Å². The van der Waals surface area contributed by atoms with Gasteiger partial charge in [-0.3, -0.25) is 19.3 Å². The van der Waals surface area contributed by atoms with Crippen molar-refractivity contribution in [1.82, 2.24) is 4.90 Å². The molecule has 33 heavy (non-hydrogen) atoms. The topological polar surface area (TPSA) is 171 Å². The zero-order chi connectivity index (χ0) is 24.4. The van der Waals surface area contributed by atoms with Crippen LogP contribution in [-0.4, -0.2) is 81.2 Å². The van der Waals surface area contributed by atoms with Crippen molar-refractivity contribution in [2.24, 2.45) is 17.6 Å². The molecule has 3 aliphatic carbocycles. The molecular weight excluding hydrogens is 432 g/mol. The lowest BCUT2D eigenvalue weighted by Gasteiger charge is -2.53. The van der Waals surface area contributed by atoms with Gasteiger partial charge < -0.3 is 30.9 Å². The molecule has 3 aliphatic rings. The Morgan fingerprint density at radius 1 is 1.24 bits per heavy atom. The van der Waals surface area contributed by atoms with E-state index in [2.05, 4.69) is 0 Å². The Hall–Kier alpha value is -3.21. The number of benzene rings is 1. The number of nitrogens with zero attached hydrogens (tertiary/aromatic N) is 1. The van der Waals surface area contributed by atoms with Gasteiger partial charge in [0.2, 0.25) is 5.78 Å². The summed E-state index contributed by atoms with van der Waals surface area (Å²) in [6.45, 7) is 1.84. The van der Waals surface area contributed by atoms with Crippen LogP contribution in [0, 0.1) is 11.8 Å². The second-order valence-electron chi connectivity index (χ2n) is 8.79. The molecule has 0 heterocycles. The predicted octanol–water partition coefficient (Wildman–Crippen LogP) is 0.136. The first-order chi connectivity index (χ1) is 15.5. The molecule has 0 radical (unpaired) electrons. The van der Waals surface area contributed by atoms with Gasteiger partial charge in [0.25, 0.3) is 5.91 Å². The van der Waals surface area contributed by atoms with E-state index in [-0.39, 0.29) is 29.9 Å². The summed E-state index contributed by atoms with van der Waals surface area (Å²) in [5, 5.41) is 44.1. The van der Waals surface area contributed by atoms with Gasteiger partial charge in [0.05, 0.1) is 23.6 Å². The van der Waals surface area contributed by atoms with Gasteiger partial charge in [0, 0.05) is 18.1 Å². The van der Waals surface area contributed by atoms with Crippen molar-refractivity contribution < 1.29 is 39.5 Å². The lowest BCUT2D eigenvalue weighted by molar-refractivity contribution is -0.167. The maximum Gasteiger partial charge on any atom is 0.255 e.